The predicted octanol–water partition coefficient (Wildman–Crippen LogP) is 4.60. The number of rotatable bonds is 9. The first-order valence-electron chi connectivity index (χ1n) is 9.79. The highest BCUT2D eigenvalue weighted by molar-refractivity contribution is 6.30. The van der Waals surface area contributed by atoms with E-state index in [0.717, 1.165) is 17.5 Å². The summed E-state index contributed by atoms with van der Waals surface area (Å²) in [4.78, 5) is 27.3. The van der Waals surface area contributed by atoms with Crippen molar-refractivity contribution in [1.29, 1.82) is 0 Å². The number of halogens is 1. The van der Waals surface area contributed by atoms with Gasteiger partial charge in [-0.3, -0.25) is 9.59 Å². The zero-order valence-electron chi connectivity index (χ0n) is 16.8. The number of nitrogens with zero attached hydrogens (tertiary/aromatic N) is 1. The van der Waals surface area contributed by atoms with E-state index in [0.29, 0.717) is 24.4 Å². The standard InChI is InChI=1S/C23H29ClN2O2/c1-4-17(2)25-23(28)18(3)26(16-20-11-8-12-21(24)15-20)22(27)14-13-19-9-6-5-7-10-19/h5-12,15,17-18H,4,13-14,16H2,1-3H3,(H,25,28)/t17-,18+/m1/s1. The minimum Gasteiger partial charge on any atom is -0.352 e. The Morgan fingerprint density at radius 1 is 1.04 bits per heavy atom. The summed E-state index contributed by atoms with van der Waals surface area (Å²) in [6.07, 6.45) is 1.84. The molecule has 0 aliphatic rings. The molecular formula is C23H29ClN2O2. The molecule has 2 aromatic carbocycles. The summed E-state index contributed by atoms with van der Waals surface area (Å²) < 4.78 is 0. The number of hydrogen-bond acceptors (Lipinski definition) is 2. The average Bonchev–Trinajstić information content (AvgIpc) is 2.70. The Morgan fingerprint density at radius 2 is 1.71 bits per heavy atom. The van der Waals surface area contributed by atoms with E-state index in [9.17, 15) is 9.59 Å². The number of nitrogens with one attached hydrogen (secondary N) is 1. The van der Waals surface area contributed by atoms with Crippen LogP contribution < -0.4 is 5.32 Å². The van der Waals surface area contributed by atoms with Crippen LogP contribution >= 0.6 is 11.6 Å². The van der Waals surface area contributed by atoms with Gasteiger partial charge >= 0.3 is 0 Å². The van der Waals surface area contributed by atoms with Crippen LogP contribution in [0.15, 0.2) is 54.6 Å². The van der Waals surface area contributed by atoms with Gasteiger partial charge in [-0.25, -0.2) is 0 Å². The molecule has 2 aromatic rings. The lowest BCUT2D eigenvalue weighted by atomic mass is 10.1. The maximum atomic E-state index is 13.0. The fourth-order valence-corrected chi connectivity index (χ4v) is 3.13. The van der Waals surface area contributed by atoms with Crippen LogP contribution in [0.25, 0.3) is 0 Å². The maximum absolute atomic E-state index is 13.0. The minimum atomic E-state index is -0.559. The fraction of sp³-hybridized carbons (Fsp3) is 0.391. The molecule has 2 rings (SSSR count). The normalized spacial score (nSPS) is 12.9. The third kappa shape index (κ3) is 6.68. The number of hydrogen-bond donors (Lipinski definition) is 1. The second kappa shape index (κ2) is 10.9. The van der Waals surface area contributed by atoms with Crippen LogP contribution in [0.4, 0.5) is 0 Å². The largest absolute Gasteiger partial charge is 0.352 e. The molecule has 0 spiro atoms. The number of carbonyl (C=O) groups is 2. The number of carbonyl (C=O) groups excluding carboxylic acids is 2. The molecule has 0 heterocycles. The van der Waals surface area contributed by atoms with Crippen molar-refractivity contribution in [2.24, 2.45) is 0 Å². The van der Waals surface area contributed by atoms with Crippen molar-refractivity contribution >= 4 is 23.4 Å². The van der Waals surface area contributed by atoms with Gasteiger partial charge in [0.2, 0.25) is 11.8 Å². The summed E-state index contributed by atoms with van der Waals surface area (Å²) >= 11 is 6.10. The van der Waals surface area contributed by atoms with Crippen LogP contribution in [-0.2, 0) is 22.6 Å². The molecule has 150 valence electrons. The van der Waals surface area contributed by atoms with Gasteiger partial charge in [0.1, 0.15) is 6.04 Å². The Hall–Kier alpha value is -2.33. The van der Waals surface area contributed by atoms with Crippen LogP contribution in [0.1, 0.15) is 44.7 Å². The Labute approximate surface area is 172 Å². The first-order chi connectivity index (χ1) is 13.4. The third-order valence-corrected chi connectivity index (χ3v) is 5.12. The van der Waals surface area contributed by atoms with Gasteiger partial charge in [0.05, 0.1) is 0 Å². The van der Waals surface area contributed by atoms with E-state index in [1.807, 2.05) is 62.4 Å². The van der Waals surface area contributed by atoms with Crippen molar-refractivity contribution in [2.45, 2.75) is 58.7 Å². The number of amides is 2. The van der Waals surface area contributed by atoms with E-state index in [4.69, 9.17) is 11.6 Å². The molecule has 28 heavy (non-hydrogen) atoms. The van der Waals surface area contributed by atoms with Gasteiger partial charge in [0, 0.05) is 24.0 Å². The summed E-state index contributed by atoms with van der Waals surface area (Å²) in [5.41, 5.74) is 2.01. The third-order valence-electron chi connectivity index (χ3n) is 4.88. The molecule has 2 atom stereocenters. The quantitative estimate of drug-likeness (QED) is 0.668. The monoisotopic (exact) mass is 400 g/mol. The Bertz CT molecular complexity index is 779. The van der Waals surface area contributed by atoms with Crippen molar-refractivity contribution in [3.63, 3.8) is 0 Å². The molecule has 0 saturated carbocycles. The lowest BCUT2D eigenvalue weighted by molar-refractivity contribution is -0.140. The highest BCUT2D eigenvalue weighted by atomic mass is 35.5. The number of benzene rings is 2. The highest BCUT2D eigenvalue weighted by Gasteiger charge is 2.26. The molecule has 0 aliphatic carbocycles. The van der Waals surface area contributed by atoms with Crippen molar-refractivity contribution in [2.75, 3.05) is 0 Å². The van der Waals surface area contributed by atoms with E-state index in [1.54, 1.807) is 17.9 Å². The van der Waals surface area contributed by atoms with Gasteiger partial charge in [-0.15, -0.1) is 0 Å². The lowest BCUT2D eigenvalue weighted by Crippen LogP contribution is -2.49. The zero-order chi connectivity index (χ0) is 20.5. The minimum absolute atomic E-state index is 0.0457. The summed E-state index contributed by atoms with van der Waals surface area (Å²) in [7, 11) is 0. The lowest BCUT2D eigenvalue weighted by Gasteiger charge is -2.30. The Morgan fingerprint density at radius 3 is 2.36 bits per heavy atom. The molecule has 0 bridgehead atoms. The molecule has 0 aliphatic heterocycles. The van der Waals surface area contributed by atoms with Crippen molar-refractivity contribution in [3.05, 3.63) is 70.7 Å². The van der Waals surface area contributed by atoms with Crippen LogP contribution in [0.5, 0.6) is 0 Å². The molecular weight excluding hydrogens is 372 g/mol. The summed E-state index contributed by atoms with van der Waals surface area (Å²) in [6.45, 7) is 6.11. The first kappa shape index (κ1) is 22.0. The number of aryl methyl sites for hydroxylation is 1. The van der Waals surface area contributed by atoms with Crippen LogP contribution in [0, 0.1) is 0 Å². The Balaban J connectivity index is 2.14. The van der Waals surface area contributed by atoms with E-state index in [2.05, 4.69) is 5.32 Å². The predicted molar refractivity (Wildman–Crippen MR) is 114 cm³/mol. The highest BCUT2D eigenvalue weighted by Crippen LogP contribution is 2.16. The van der Waals surface area contributed by atoms with Gasteiger partial charge < -0.3 is 10.2 Å². The maximum Gasteiger partial charge on any atom is 0.242 e. The van der Waals surface area contributed by atoms with E-state index in [1.165, 1.54) is 0 Å². The van der Waals surface area contributed by atoms with Gasteiger partial charge in [0.15, 0.2) is 0 Å². The topological polar surface area (TPSA) is 49.4 Å². The van der Waals surface area contributed by atoms with Gasteiger partial charge in [-0.2, -0.15) is 0 Å². The first-order valence-corrected chi connectivity index (χ1v) is 10.2. The van der Waals surface area contributed by atoms with Crippen molar-refractivity contribution < 1.29 is 9.59 Å². The van der Waals surface area contributed by atoms with Gasteiger partial charge in [-0.05, 0) is 49.9 Å². The molecule has 0 radical (unpaired) electrons. The molecule has 0 fully saturated rings. The van der Waals surface area contributed by atoms with E-state index >= 15 is 0 Å². The zero-order valence-corrected chi connectivity index (χ0v) is 17.6. The molecule has 5 heteroatoms. The smallest absolute Gasteiger partial charge is 0.242 e. The van der Waals surface area contributed by atoms with E-state index in [-0.39, 0.29) is 17.9 Å². The van der Waals surface area contributed by atoms with Crippen molar-refractivity contribution in [3.8, 4) is 0 Å². The fourth-order valence-electron chi connectivity index (χ4n) is 2.92. The summed E-state index contributed by atoms with van der Waals surface area (Å²) in [5, 5.41) is 3.59. The average molecular weight is 401 g/mol. The van der Waals surface area contributed by atoms with E-state index < -0.39 is 6.04 Å². The molecule has 1 N–H and O–H groups in total. The van der Waals surface area contributed by atoms with Crippen LogP contribution in [-0.4, -0.2) is 28.8 Å². The summed E-state index contributed by atoms with van der Waals surface area (Å²) in [6, 6.07) is 16.8. The second-order valence-electron chi connectivity index (χ2n) is 7.13. The van der Waals surface area contributed by atoms with Crippen LogP contribution in [0.2, 0.25) is 5.02 Å². The second-order valence-corrected chi connectivity index (χ2v) is 7.57. The summed E-state index contributed by atoms with van der Waals surface area (Å²) in [5.74, 6) is -0.180. The van der Waals surface area contributed by atoms with Crippen molar-refractivity contribution in [1.82, 2.24) is 10.2 Å². The van der Waals surface area contributed by atoms with Crippen LogP contribution in [0.3, 0.4) is 0 Å². The van der Waals surface area contributed by atoms with Gasteiger partial charge in [-0.1, -0.05) is 61.0 Å². The molecule has 2 amide bonds. The van der Waals surface area contributed by atoms with Gasteiger partial charge in [0.25, 0.3) is 0 Å². The molecule has 0 aromatic heterocycles. The molecule has 0 saturated heterocycles. The molecule has 4 nitrogen and oxygen atoms in total. The molecule has 0 unspecified atom stereocenters. The Kier molecular flexibility index (Phi) is 8.52. The SMILES string of the molecule is CC[C@@H](C)NC(=O)[C@H](C)N(Cc1cccc(Cl)c1)C(=O)CCc1ccccc1.